The van der Waals surface area contributed by atoms with Crippen LogP contribution in [0.2, 0.25) is 0 Å². The Hall–Kier alpha value is -0.680. The molecule has 1 fully saturated rings. The average molecular weight is 240 g/mol. The van der Waals surface area contributed by atoms with Gasteiger partial charge in [-0.15, -0.1) is 10.2 Å². The Labute approximate surface area is 101 Å². The summed E-state index contributed by atoms with van der Waals surface area (Å²) >= 11 is 1.66. The van der Waals surface area contributed by atoms with Gasteiger partial charge in [0, 0.05) is 13.6 Å². The van der Waals surface area contributed by atoms with Crippen LogP contribution in [-0.2, 0) is 6.54 Å². The Balaban J connectivity index is 1.88. The van der Waals surface area contributed by atoms with Crippen LogP contribution in [0.5, 0.6) is 0 Å². The molecule has 1 saturated heterocycles. The highest BCUT2D eigenvalue weighted by Gasteiger charge is 2.19. The van der Waals surface area contributed by atoms with Crippen molar-refractivity contribution in [1.82, 2.24) is 15.1 Å². The van der Waals surface area contributed by atoms with Crippen LogP contribution in [0.3, 0.4) is 0 Å². The molecule has 0 radical (unpaired) electrons. The van der Waals surface area contributed by atoms with Gasteiger partial charge in [-0.2, -0.15) is 0 Å². The minimum absolute atomic E-state index is 0.880. The molecule has 1 unspecified atom stereocenters. The van der Waals surface area contributed by atoms with Crippen molar-refractivity contribution >= 4 is 16.5 Å². The fourth-order valence-corrected chi connectivity index (χ4v) is 2.97. The van der Waals surface area contributed by atoms with Crippen LogP contribution in [0.15, 0.2) is 0 Å². The second-order valence-electron chi connectivity index (χ2n) is 4.40. The summed E-state index contributed by atoms with van der Waals surface area (Å²) in [6, 6.07) is 0. The van der Waals surface area contributed by atoms with Crippen LogP contribution in [0.4, 0.5) is 5.13 Å². The molecule has 0 bridgehead atoms. The Morgan fingerprint density at radius 1 is 1.50 bits per heavy atom. The lowest BCUT2D eigenvalue weighted by molar-refractivity contribution is 0.164. The van der Waals surface area contributed by atoms with Crippen molar-refractivity contribution in [2.45, 2.75) is 32.7 Å². The number of likely N-dealkylation sites (tertiary alicyclic amines) is 1. The first-order valence-electron chi connectivity index (χ1n) is 6.04. The maximum absolute atomic E-state index is 4.20. The topological polar surface area (TPSA) is 41.1 Å². The fourth-order valence-electron chi connectivity index (χ4n) is 2.24. The SMILES string of the molecule is CCC1CCCN(Cc2nnc(NC)s2)C1. The van der Waals surface area contributed by atoms with Gasteiger partial charge in [0.1, 0.15) is 5.01 Å². The zero-order valence-corrected chi connectivity index (χ0v) is 10.9. The molecule has 1 aliphatic heterocycles. The number of aromatic nitrogens is 2. The summed E-state index contributed by atoms with van der Waals surface area (Å²) in [5.41, 5.74) is 0. The molecular weight excluding hydrogens is 220 g/mol. The fraction of sp³-hybridized carbons (Fsp3) is 0.818. The lowest BCUT2D eigenvalue weighted by Crippen LogP contribution is -2.34. The molecule has 2 heterocycles. The first kappa shape index (κ1) is 11.8. The van der Waals surface area contributed by atoms with E-state index in [-0.39, 0.29) is 0 Å². The summed E-state index contributed by atoms with van der Waals surface area (Å²) in [6.07, 6.45) is 4.02. The van der Waals surface area contributed by atoms with Crippen LogP contribution in [0, 0.1) is 5.92 Å². The Morgan fingerprint density at radius 2 is 2.38 bits per heavy atom. The van der Waals surface area contributed by atoms with Gasteiger partial charge in [-0.3, -0.25) is 4.90 Å². The smallest absolute Gasteiger partial charge is 0.205 e. The molecule has 0 saturated carbocycles. The van der Waals surface area contributed by atoms with Crippen molar-refractivity contribution in [3.63, 3.8) is 0 Å². The van der Waals surface area contributed by atoms with Gasteiger partial charge < -0.3 is 5.32 Å². The number of nitrogens with zero attached hydrogens (tertiary/aromatic N) is 3. The highest BCUT2D eigenvalue weighted by Crippen LogP contribution is 2.22. The zero-order valence-electron chi connectivity index (χ0n) is 10.1. The van der Waals surface area contributed by atoms with Crippen molar-refractivity contribution in [2.75, 3.05) is 25.5 Å². The molecule has 1 aromatic heterocycles. The van der Waals surface area contributed by atoms with Crippen molar-refractivity contribution in [3.05, 3.63) is 5.01 Å². The molecular formula is C11H20N4S. The molecule has 0 amide bonds. The van der Waals surface area contributed by atoms with Gasteiger partial charge in [-0.25, -0.2) is 0 Å². The normalized spacial score (nSPS) is 22.2. The van der Waals surface area contributed by atoms with Gasteiger partial charge in [-0.05, 0) is 25.3 Å². The Kier molecular flexibility index (Phi) is 4.12. The average Bonchev–Trinajstić information content (AvgIpc) is 2.77. The van der Waals surface area contributed by atoms with Crippen LogP contribution in [0.1, 0.15) is 31.2 Å². The minimum atomic E-state index is 0.880. The Morgan fingerprint density at radius 3 is 3.06 bits per heavy atom. The van der Waals surface area contributed by atoms with E-state index in [0.29, 0.717) is 0 Å². The monoisotopic (exact) mass is 240 g/mol. The van der Waals surface area contributed by atoms with E-state index in [1.807, 2.05) is 7.05 Å². The number of anilines is 1. The van der Waals surface area contributed by atoms with Gasteiger partial charge in [0.05, 0.1) is 6.54 Å². The van der Waals surface area contributed by atoms with Crippen LogP contribution in [-0.4, -0.2) is 35.2 Å². The Bertz CT molecular complexity index is 326. The number of hydrogen-bond donors (Lipinski definition) is 1. The second-order valence-corrected chi connectivity index (χ2v) is 5.46. The van der Waals surface area contributed by atoms with E-state index < -0.39 is 0 Å². The van der Waals surface area contributed by atoms with E-state index in [0.717, 1.165) is 22.6 Å². The third-order valence-electron chi connectivity index (χ3n) is 3.22. The molecule has 1 aliphatic rings. The molecule has 0 aromatic carbocycles. The molecule has 1 N–H and O–H groups in total. The summed E-state index contributed by atoms with van der Waals surface area (Å²) < 4.78 is 0. The van der Waals surface area contributed by atoms with E-state index in [1.165, 1.54) is 32.4 Å². The summed E-state index contributed by atoms with van der Waals surface area (Å²) in [5.74, 6) is 0.880. The van der Waals surface area contributed by atoms with Crippen LogP contribution >= 0.6 is 11.3 Å². The van der Waals surface area contributed by atoms with Gasteiger partial charge in [-0.1, -0.05) is 24.7 Å². The summed E-state index contributed by atoms with van der Waals surface area (Å²) in [4.78, 5) is 2.51. The quantitative estimate of drug-likeness (QED) is 0.876. The highest BCUT2D eigenvalue weighted by atomic mass is 32.1. The van der Waals surface area contributed by atoms with E-state index in [1.54, 1.807) is 11.3 Å². The summed E-state index contributed by atoms with van der Waals surface area (Å²) in [5, 5.41) is 13.3. The minimum Gasteiger partial charge on any atom is -0.363 e. The predicted octanol–water partition coefficient (Wildman–Crippen LogP) is 2.20. The van der Waals surface area contributed by atoms with Crippen molar-refractivity contribution in [1.29, 1.82) is 0 Å². The first-order valence-corrected chi connectivity index (χ1v) is 6.86. The van der Waals surface area contributed by atoms with Crippen molar-refractivity contribution in [3.8, 4) is 0 Å². The largest absolute Gasteiger partial charge is 0.363 e. The number of nitrogens with one attached hydrogen (secondary N) is 1. The second kappa shape index (κ2) is 5.59. The lowest BCUT2D eigenvalue weighted by atomic mass is 9.96. The van der Waals surface area contributed by atoms with Gasteiger partial charge in [0.2, 0.25) is 5.13 Å². The molecule has 1 atom stereocenters. The van der Waals surface area contributed by atoms with Crippen molar-refractivity contribution < 1.29 is 0 Å². The molecule has 0 aliphatic carbocycles. The first-order chi connectivity index (χ1) is 7.81. The van der Waals surface area contributed by atoms with Gasteiger partial charge in [0.25, 0.3) is 0 Å². The third-order valence-corrected chi connectivity index (χ3v) is 4.15. The summed E-state index contributed by atoms with van der Waals surface area (Å²) in [7, 11) is 1.89. The highest BCUT2D eigenvalue weighted by molar-refractivity contribution is 7.15. The number of piperidine rings is 1. The number of rotatable bonds is 4. The zero-order chi connectivity index (χ0) is 11.4. The van der Waals surface area contributed by atoms with Gasteiger partial charge in [0.15, 0.2) is 0 Å². The molecule has 4 nitrogen and oxygen atoms in total. The maximum atomic E-state index is 4.20. The van der Waals surface area contributed by atoms with E-state index >= 15 is 0 Å². The lowest BCUT2D eigenvalue weighted by Gasteiger charge is -2.31. The van der Waals surface area contributed by atoms with E-state index in [2.05, 4.69) is 27.3 Å². The maximum Gasteiger partial charge on any atom is 0.205 e. The summed E-state index contributed by atoms with van der Waals surface area (Å²) in [6.45, 7) is 5.70. The molecule has 16 heavy (non-hydrogen) atoms. The molecule has 5 heteroatoms. The standard InChI is InChI=1S/C11H20N4S/c1-3-9-5-4-6-15(7-9)8-10-13-14-11(12-2)16-10/h9H,3-8H2,1-2H3,(H,12,14). The molecule has 90 valence electrons. The number of hydrogen-bond acceptors (Lipinski definition) is 5. The predicted molar refractivity (Wildman–Crippen MR) is 67.7 cm³/mol. The van der Waals surface area contributed by atoms with Gasteiger partial charge >= 0.3 is 0 Å². The van der Waals surface area contributed by atoms with Crippen LogP contribution < -0.4 is 5.32 Å². The van der Waals surface area contributed by atoms with Crippen molar-refractivity contribution in [2.24, 2.45) is 5.92 Å². The van der Waals surface area contributed by atoms with E-state index in [9.17, 15) is 0 Å². The third kappa shape index (κ3) is 2.92. The molecule has 1 aromatic rings. The van der Waals surface area contributed by atoms with Crippen LogP contribution in [0.25, 0.3) is 0 Å². The molecule has 2 rings (SSSR count). The van der Waals surface area contributed by atoms with E-state index in [4.69, 9.17) is 0 Å². The molecule has 0 spiro atoms.